The number of urea groups is 1. The lowest BCUT2D eigenvalue weighted by Crippen LogP contribution is -2.43. The Hall–Kier alpha value is -1.52. The average molecular weight is 268 g/mol. The highest BCUT2D eigenvalue weighted by atomic mass is 16.4. The number of hydrogen-bond acceptors (Lipinski definition) is 2. The van der Waals surface area contributed by atoms with Gasteiger partial charge in [-0.3, -0.25) is 4.79 Å². The highest BCUT2D eigenvalue weighted by molar-refractivity contribution is 5.74. The van der Waals surface area contributed by atoms with Crippen LogP contribution in [0.3, 0.4) is 0 Å². The Morgan fingerprint density at radius 3 is 2.58 bits per heavy atom. The molecule has 0 aromatic rings. The summed E-state index contributed by atoms with van der Waals surface area (Å²) in [6.07, 6.45) is 3.60. The summed E-state index contributed by atoms with van der Waals surface area (Å²) in [5.41, 5.74) is 1.56. The number of rotatable bonds is 4. The van der Waals surface area contributed by atoms with E-state index in [0.717, 1.165) is 13.0 Å². The fourth-order valence-electron chi connectivity index (χ4n) is 2.08. The van der Waals surface area contributed by atoms with Crippen molar-refractivity contribution in [2.75, 3.05) is 19.6 Å². The average Bonchev–Trinajstić information content (AvgIpc) is 2.33. The molecule has 0 saturated carbocycles. The summed E-state index contributed by atoms with van der Waals surface area (Å²) in [5, 5.41) is 11.3. The largest absolute Gasteiger partial charge is 0.481 e. The van der Waals surface area contributed by atoms with Crippen molar-refractivity contribution in [3.8, 4) is 0 Å². The van der Waals surface area contributed by atoms with Crippen molar-refractivity contribution in [3.05, 3.63) is 11.6 Å². The van der Waals surface area contributed by atoms with Gasteiger partial charge in [-0.25, -0.2) is 4.79 Å². The molecule has 0 spiro atoms. The second kappa shape index (κ2) is 6.59. The Morgan fingerprint density at radius 2 is 2.11 bits per heavy atom. The first kappa shape index (κ1) is 15.5. The van der Waals surface area contributed by atoms with E-state index < -0.39 is 5.97 Å². The maximum absolute atomic E-state index is 11.8. The Kier molecular flexibility index (Phi) is 5.39. The van der Waals surface area contributed by atoms with Gasteiger partial charge in [0, 0.05) is 26.1 Å². The molecule has 0 fully saturated rings. The molecule has 0 aliphatic carbocycles. The highest BCUT2D eigenvalue weighted by Crippen LogP contribution is 2.29. The SMILES string of the molecule is CC(C)(C)C1=CCN(C(=O)NCCCC(=O)O)CC1. The van der Waals surface area contributed by atoms with Gasteiger partial charge in [0.05, 0.1) is 0 Å². The molecule has 0 radical (unpaired) electrons. The topological polar surface area (TPSA) is 69.6 Å². The Labute approximate surface area is 114 Å². The van der Waals surface area contributed by atoms with Crippen molar-refractivity contribution in [1.29, 1.82) is 0 Å². The number of carboxylic acid groups (broad SMARTS) is 1. The van der Waals surface area contributed by atoms with E-state index in [1.54, 1.807) is 4.90 Å². The van der Waals surface area contributed by atoms with Gasteiger partial charge in [-0.05, 0) is 18.3 Å². The standard InChI is InChI=1S/C14H24N2O3/c1-14(2,3)11-6-9-16(10-7-11)13(19)15-8-4-5-12(17)18/h6H,4-5,7-10H2,1-3H3,(H,15,19)(H,17,18). The second-order valence-corrected chi connectivity index (χ2v) is 5.90. The monoisotopic (exact) mass is 268 g/mol. The summed E-state index contributed by atoms with van der Waals surface area (Å²) < 4.78 is 0. The molecule has 0 bridgehead atoms. The first-order chi connectivity index (χ1) is 8.80. The van der Waals surface area contributed by atoms with Gasteiger partial charge in [-0.1, -0.05) is 32.4 Å². The van der Waals surface area contributed by atoms with Crippen LogP contribution in [-0.2, 0) is 4.79 Å². The lowest BCUT2D eigenvalue weighted by Gasteiger charge is -2.32. The maximum Gasteiger partial charge on any atom is 0.317 e. The Bertz CT molecular complexity index is 369. The van der Waals surface area contributed by atoms with Gasteiger partial charge < -0.3 is 15.3 Å². The number of carbonyl (C=O) groups excluding carboxylic acids is 1. The van der Waals surface area contributed by atoms with Gasteiger partial charge in [0.2, 0.25) is 0 Å². The van der Waals surface area contributed by atoms with Crippen LogP contribution in [0.15, 0.2) is 11.6 Å². The molecule has 1 aliphatic rings. The molecule has 2 N–H and O–H groups in total. The first-order valence-corrected chi connectivity index (χ1v) is 6.75. The van der Waals surface area contributed by atoms with Crippen LogP contribution in [0.1, 0.15) is 40.0 Å². The van der Waals surface area contributed by atoms with E-state index >= 15 is 0 Å². The number of nitrogens with zero attached hydrogens (tertiary/aromatic N) is 1. The van der Waals surface area contributed by atoms with Crippen molar-refractivity contribution in [2.24, 2.45) is 5.41 Å². The number of carboxylic acids is 1. The molecule has 0 atom stereocenters. The van der Waals surface area contributed by atoms with Crippen LogP contribution in [0.2, 0.25) is 0 Å². The molecule has 19 heavy (non-hydrogen) atoms. The lowest BCUT2D eigenvalue weighted by molar-refractivity contribution is -0.137. The minimum absolute atomic E-state index is 0.0916. The Balaban J connectivity index is 2.33. The van der Waals surface area contributed by atoms with E-state index in [1.165, 1.54) is 5.57 Å². The smallest absolute Gasteiger partial charge is 0.317 e. The zero-order valence-electron chi connectivity index (χ0n) is 12.0. The molecule has 0 aromatic heterocycles. The molecule has 1 rings (SSSR count). The van der Waals surface area contributed by atoms with Crippen LogP contribution in [-0.4, -0.2) is 41.6 Å². The van der Waals surface area contributed by atoms with Crippen LogP contribution in [0.5, 0.6) is 0 Å². The minimum Gasteiger partial charge on any atom is -0.481 e. The summed E-state index contributed by atoms with van der Waals surface area (Å²) >= 11 is 0. The fourth-order valence-corrected chi connectivity index (χ4v) is 2.08. The summed E-state index contributed by atoms with van der Waals surface area (Å²) in [5.74, 6) is -0.829. The zero-order valence-corrected chi connectivity index (χ0v) is 12.0. The molecule has 1 heterocycles. The second-order valence-electron chi connectivity index (χ2n) is 5.90. The summed E-state index contributed by atoms with van der Waals surface area (Å²) in [7, 11) is 0. The van der Waals surface area contributed by atoms with Crippen molar-refractivity contribution in [2.45, 2.75) is 40.0 Å². The molecule has 0 unspecified atom stereocenters. The number of aliphatic carboxylic acids is 1. The van der Waals surface area contributed by atoms with Crippen molar-refractivity contribution in [3.63, 3.8) is 0 Å². The van der Waals surface area contributed by atoms with Crippen LogP contribution in [0.25, 0.3) is 0 Å². The van der Waals surface area contributed by atoms with Crippen molar-refractivity contribution >= 4 is 12.0 Å². The van der Waals surface area contributed by atoms with E-state index in [4.69, 9.17) is 5.11 Å². The fraction of sp³-hybridized carbons (Fsp3) is 0.714. The number of amides is 2. The van der Waals surface area contributed by atoms with Gasteiger partial charge in [-0.15, -0.1) is 0 Å². The molecule has 5 nitrogen and oxygen atoms in total. The van der Waals surface area contributed by atoms with Crippen LogP contribution < -0.4 is 5.32 Å². The number of hydrogen-bond donors (Lipinski definition) is 2. The molecule has 5 heteroatoms. The van der Waals surface area contributed by atoms with Crippen LogP contribution in [0, 0.1) is 5.41 Å². The normalized spacial score (nSPS) is 15.9. The first-order valence-electron chi connectivity index (χ1n) is 6.75. The van der Waals surface area contributed by atoms with E-state index in [9.17, 15) is 9.59 Å². The summed E-state index contributed by atoms with van der Waals surface area (Å²) in [4.78, 5) is 23.9. The molecule has 0 saturated heterocycles. The van der Waals surface area contributed by atoms with E-state index in [1.807, 2.05) is 0 Å². The lowest BCUT2D eigenvalue weighted by atomic mass is 9.83. The van der Waals surface area contributed by atoms with E-state index in [0.29, 0.717) is 19.5 Å². The van der Waals surface area contributed by atoms with Crippen molar-refractivity contribution in [1.82, 2.24) is 10.2 Å². The summed E-state index contributed by atoms with van der Waals surface area (Å²) in [6, 6.07) is -0.102. The number of nitrogens with one attached hydrogen (secondary N) is 1. The highest BCUT2D eigenvalue weighted by Gasteiger charge is 2.23. The minimum atomic E-state index is -0.829. The third-order valence-corrected chi connectivity index (χ3v) is 3.30. The zero-order chi connectivity index (χ0) is 14.5. The van der Waals surface area contributed by atoms with Gasteiger partial charge >= 0.3 is 12.0 Å². The molecular formula is C14H24N2O3. The van der Waals surface area contributed by atoms with Gasteiger partial charge in [0.1, 0.15) is 0 Å². The van der Waals surface area contributed by atoms with Crippen LogP contribution in [0.4, 0.5) is 4.79 Å². The predicted octanol–water partition coefficient (Wildman–Crippen LogP) is 2.24. The molecule has 1 aliphatic heterocycles. The summed E-state index contributed by atoms with van der Waals surface area (Å²) in [6.45, 7) is 8.32. The van der Waals surface area contributed by atoms with Crippen LogP contribution >= 0.6 is 0 Å². The van der Waals surface area contributed by atoms with Gasteiger partial charge in [0.15, 0.2) is 0 Å². The van der Waals surface area contributed by atoms with E-state index in [2.05, 4.69) is 32.2 Å². The molecule has 2 amide bonds. The predicted molar refractivity (Wildman–Crippen MR) is 74.0 cm³/mol. The van der Waals surface area contributed by atoms with E-state index in [-0.39, 0.29) is 17.9 Å². The maximum atomic E-state index is 11.8. The third kappa shape index (κ3) is 5.32. The van der Waals surface area contributed by atoms with Gasteiger partial charge in [0.25, 0.3) is 0 Å². The number of carbonyl (C=O) groups is 2. The third-order valence-electron chi connectivity index (χ3n) is 3.30. The molecule has 108 valence electrons. The molecule has 0 aromatic carbocycles. The van der Waals surface area contributed by atoms with Crippen molar-refractivity contribution < 1.29 is 14.7 Å². The molecular weight excluding hydrogens is 244 g/mol. The van der Waals surface area contributed by atoms with Gasteiger partial charge in [-0.2, -0.15) is 0 Å². The Morgan fingerprint density at radius 1 is 1.42 bits per heavy atom. The quantitative estimate of drug-likeness (QED) is 0.607.